The van der Waals surface area contributed by atoms with Gasteiger partial charge in [0.25, 0.3) is 0 Å². The molecule has 0 heterocycles. The smallest absolute Gasteiger partial charge is 0.413 e. The number of hydrogen-bond donors (Lipinski definition) is 2. The molecule has 1 rings (SSSR count). The number of amides is 1. The molecule has 1 amide bonds. The predicted octanol–water partition coefficient (Wildman–Crippen LogP) is 1.72. The van der Waals surface area contributed by atoms with Gasteiger partial charge in [-0.15, -0.1) is 0 Å². The van der Waals surface area contributed by atoms with Crippen molar-refractivity contribution >= 4 is 11.6 Å². The second kappa shape index (κ2) is 6.95. The predicted molar refractivity (Wildman–Crippen MR) is 61.6 cm³/mol. The van der Waals surface area contributed by atoms with Gasteiger partial charge in [-0.1, -0.05) is 6.07 Å². The van der Waals surface area contributed by atoms with Crippen LogP contribution in [0.4, 0.5) is 18.9 Å². The van der Waals surface area contributed by atoms with Crippen LogP contribution in [0.1, 0.15) is 0 Å². The number of carbonyl (C=O) groups excluding carboxylic acids is 1. The van der Waals surface area contributed by atoms with Gasteiger partial charge < -0.3 is 10.1 Å². The Morgan fingerprint density at radius 3 is 2.74 bits per heavy atom. The Morgan fingerprint density at radius 2 is 2.11 bits per heavy atom. The molecule has 0 aliphatic rings. The quantitative estimate of drug-likeness (QED) is 0.614. The average Bonchev–Trinajstić information content (AvgIpc) is 2.34. The third-order valence-corrected chi connectivity index (χ3v) is 1.92. The van der Waals surface area contributed by atoms with Gasteiger partial charge in [0, 0.05) is 11.8 Å². The van der Waals surface area contributed by atoms with Crippen LogP contribution in [0.25, 0.3) is 0 Å². The summed E-state index contributed by atoms with van der Waals surface area (Å²) < 4.78 is 40.1. The highest BCUT2D eigenvalue weighted by Gasteiger charge is 2.27. The molecule has 2 N–H and O–H groups in total. The number of benzene rings is 1. The number of anilines is 1. The third-order valence-electron chi connectivity index (χ3n) is 1.92. The second-order valence-electron chi connectivity index (χ2n) is 3.51. The van der Waals surface area contributed by atoms with Gasteiger partial charge in [0.15, 0.2) is 6.61 Å². The maximum atomic E-state index is 11.7. The normalized spacial score (nSPS) is 11.2. The minimum Gasteiger partial charge on any atom is -0.497 e. The second-order valence-corrected chi connectivity index (χ2v) is 3.51. The zero-order valence-electron chi connectivity index (χ0n) is 10.1. The molecule has 5 nitrogen and oxygen atoms in total. The molecule has 0 saturated carbocycles. The van der Waals surface area contributed by atoms with E-state index >= 15 is 0 Å². The Bertz CT molecular complexity index is 424. The lowest BCUT2D eigenvalue weighted by Crippen LogP contribution is -2.31. The molecular formula is C11H13F3N2O3. The van der Waals surface area contributed by atoms with Crippen molar-refractivity contribution < 1.29 is 27.5 Å². The standard InChI is InChI=1S/C11H13F3N2O3/c1-18-9-4-2-3-8(5-9)16-10(17)6-15-19-7-11(12,13)14/h2-5,15H,6-7H2,1H3,(H,16,17). The number of rotatable bonds is 6. The highest BCUT2D eigenvalue weighted by atomic mass is 19.4. The molecule has 0 aliphatic heterocycles. The summed E-state index contributed by atoms with van der Waals surface area (Å²) >= 11 is 0. The van der Waals surface area contributed by atoms with Crippen molar-refractivity contribution in [2.24, 2.45) is 0 Å². The number of hydrogen-bond acceptors (Lipinski definition) is 4. The monoisotopic (exact) mass is 278 g/mol. The fraction of sp³-hybridized carbons (Fsp3) is 0.364. The maximum absolute atomic E-state index is 11.7. The first kappa shape index (κ1) is 15.3. The molecule has 1 aromatic rings. The van der Waals surface area contributed by atoms with Crippen LogP contribution in [0.15, 0.2) is 24.3 Å². The van der Waals surface area contributed by atoms with E-state index < -0.39 is 25.2 Å². The highest BCUT2D eigenvalue weighted by molar-refractivity contribution is 5.92. The summed E-state index contributed by atoms with van der Waals surface area (Å²) in [6.45, 7) is -1.85. The number of carbonyl (C=O) groups is 1. The van der Waals surface area contributed by atoms with Crippen LogP contribution in [0.3, 0.4) is 0 Å². The van der Waals surface area contributed by atoms with E-state index in [9.17, 15) is 18.0 Å². The SMILES string of the molecule is COc1cccc(NC(=O)CNOCC(F)(F)F)c1. The van der Waals surface area contributed by atoms with E-state index in [1.54, 1.807) is 24.3 Å². The van der Waals surface area contributed by atoms with Crippen LogP contribution < -0.4 is 15.5 Å². The van der Waals surface area contributed by atoms with Crippen LogP contribution in [-0.4, -0.2) is 32.3 Å². The van der Waals surface area contributed by atoms with Crippen LogP contribution in [0.5, 0.6) is 5.75 Å². The Balaban J connectivity index is 2.31. The minimum absolute atomic E-state index is 0.396. The molecule has 0 saturated heterocycles. The highest BCUT2D eigenvalue weighted by Crippen LogP contribution is 2.16. The van der Waals surface area contributed by atoms with Crippen molar-refractivity contribution in [2.45, 2.75) is 6.18 Å². The van der Waals surface area contributed by atoms with Gasteiger partial charge in [-0.25, -0.2) is 0 Å². The van der Waals surface area contributed by atoms with E-state index in [-0.39, 0.29) is 0 Å². The summed E-state index contributed by atoms with van der Waals surface area (Å²) in [6, 6.07) is 6.56. The molecule has 0 bridgehead atoms. The van der Waals surface area contributed by atoms with E-state index in [1.165, 1.54) is 7.11 Å². The van der Waals surface area contributed by atoms with E-state index in [1.807, 2.05) is 5.48 Å². The van der Waals surface area contributed by atoms with Crippen molar-refractivity contribution in [3.8, 4) is 5.75 Å². The van der Waals surface area contributed by atoms with Crippen LogP contribution >= 0.6 is 0 Å². The van der Waals surface area contributed by atoms with Gasteiger partial charge in [-0.05, 0) is 12.1 Å². The van der Waals surface area contributed by atoms with Crippen molar-refractivity contribution in [2.75, 3.05) is 25.6 Å². The molecule has 106 valence electrons. The first-order valence-corrected chi connectivity index (χ1v) is 5.26. The topological polar surface area (TPSA) is 59.6 Å². The van der Waals surface area contributed by atoms with Gasteiger partial charge >= 0.3 is 6.18 Å². The molecule has 19 heavy (non-hydrogen) atoms. The fourth-order valence-electron chi connectivity index (χ4n) is 1.16. The minimum atomic E-state index is -4.43. The van der Waals surface area contributed by atoms with Crippen LogP contribution in [0.2, 0.25) is 0 Å². The molecule has 0 fully saturated rings. The van der Waals surface area contributed by atoms with Gasteiger partial charge in [-0.3, -0.25) is 9.63 Å². The summed E-state index contributed by atoms with van der Waals surface area (Å²) in [5.41, 5.74) is 2.40. The maximum Gasteiger partial charge on any atom is 0.413 e. The van der Waals surface area contributed by atoms with Gasteiger partial charge in [0.1, 0.15) is 12.3 Å². The summed E-state index contributed by atoms with van der Waals surface area (Å²) in [5.74, 6) is 0.0227. The lowest BCUT2D eigenvalue weighted by Gasteiger charge is -2.09. The Hall–Kier alpha value is -1.80. The third kappa shape index (κ3) is 6.63. The molecule has 8 heteroatoms. The zero-order chi connectivity index (χ0) is 14.3. The first-order chi connectivity index (χ1) is 8.90. The van der Waals surface area contributed by atoms with E-state index in [0.29, 0.717) is 11.4 Å². The number of halogens is 3. The molecule has 0 aliphatic carbocycles. The molecule has 0 aromatic heterocycles. The number of hydroxylamine groups is 1. The number of nitrogens with one attached hydrogen (secondary N) is 2. The van der Waals surface area contributed by atoms with Crippen molar-refractivity contribution in [3.63, 3.8) is 0 Å². The van der Waals surface area contributed by atoms with Gasteiger partial charge in [0.05, 0.1) is 7.11 Å². The molecular weight excluding hydrogens is 265 g/mol. The summed E-state index contributed by atoms with van der Waals surface area (Å²) in [4.78, 5) is 15.5. The Labute approximate surface area is 107 Å². The number of ether oxygens (including phenoxy) is 1. The summed E-state index contributed by atoms with van der Waals surface area (Å²) in [5, 5.41) is 2.47. The average molecular weight is 278 g/mol. The van der Waals surface area contributed by atoms with Crippen LogP contribution in [0, 0.1) is 0 Å². The van der Waals surface area contributed by atoms with Crippen LogP contribution in [-0.2, 0) is 9.63 Å². The Kier molecular flexibility index (Phi) is 5.58. The Morgan fingerprint density at radius 1 is 1.37 bits per heavy atom. The van der Waals surface area contributed by atoms with E-state index in [2.05, 4.69) is 10.2 Å². The number of alkyl halides is 3. The van der Waals surface area contributed by atoms with Crippen molar-refractivity contribution in [1.29, 1.82) is 0 Å². The molecule has 0 atom stereocenters. The first-order valence-electron chi connectivity index (χ1n) is 5.26. The summed E-state index contributed by atoms with van der Waals surface area (Å²) in [7, 11) is 1.48. The van der Waals surface area contributed by atoms with Crippen molar-refractivity contribution in [1.82, 2.24) is 5.48 Å². The lowest BCUT2D eigenvalue weighted by molar-refractivity contribution is -0.189. The zero-order valence-corrected chi connectivity index (χ0v) is 10.1. The van der Waals surface area contributed by atoms with Gasteiger partial charge in [0.2, 0.25) is 5.91 Å². The fourth-order valence-corrected chi connectivity index (χ4v) is 1.16. The van der Waals surface area contributed by atoms with Crippen molar-refractivity contribution in [3.05, 3.63) is 24.3 Å². The van der Waals surface area contributed by atoms with E-state index in [0.717, 1.165) is 0 Å². The molecule has 1 aromatic carbocycles. The largest absolute Gasteiger partial charge is 0.497 e. The lowest BCUT2D eigenvalue weighted by atomic mass is 10.3. The van der Waals surface area contributed by atoms with E-state index in [4.69, 9.17) is 4.74 Å². The number of methoxy groups -OCH3 is 1. The molecule has 0 spiro atoms. The summed E-state index contributed by atoms with van der Waals surface area (Å²) in [6.07, 6.45) is -4.43. The van der Waals surface area contributed by atoms with Gasteiger partial charge in [-0.2, -0.15) is 18.7 Å². The molecule has 0 radical (unpaired) electrons. The molecule has 0 unspecified atom stereocenters.